The Labute approximate surface area is 117 Å². The second kappa shape index (κ2) is 6.24. The van der Waals surface area contributed by atoms with Crippen LogP contribution in [0.15, 0.2) is 17.0 Å². The summed E-state index contributed by atoms with van der Waals surface area (Å²) in [5.74, 6) is 1.26. The molecule has 7 heteroatoms. The highest BCUT2D eigenvalue weighted by atomic mass is 35.5. The van der Waals surface area contributed by atoms with E-state index in [0.29, 0.717) is 12.8 Å². The Kier molecular flexibility index (Phi) is 5.18. The van der Waals surface area contributed by atoms with E-state index in [2.05, 4.69) is 10.6 Å². The fourth-order valence-electron chi connectivity index (χ4n) is 1.50. The van der Waals surface area contributed by atoms with E-state index in [9.17, 15) is 12.8 Å². The molecule has 0 radical (unpaired) electrons. The molecule has 19 heavy (non-hydrogen) atoms. The molecule has 0 saturated heterocycles. The lowest BCUT2D eigenvalue weighted by Crippen LogP contribution is -2.34. The SMILES string of the molecule is C#CC(CCC)NS(=O)(=O)c1cc(Cl)cc(N)c1F. The maximum absolute atomic E-state index is 13.8. The van der Waals surface area contributed by atoms with E-state index in [4.69, 9.17) is 23.8 Å². The summed E-state index contributed by atoms with van der Waals surface area (Å²) in [5, 5.41) is 0.0343. The number of hydrogen-bond acceptors (Lipinski definition) is 3. The summed E-state index contributed by atoms with van der Waals surface area (Å²) in [6, 6.07) is 1.44. The summed E-state index contributed by atoms with van der Waals surface area (Å²) in [7, 11) is -4.10. The normalized spacial score (nSPS) is 12.9. The second-order valence-electron chi connectivity index (χ2n) is 3.94. The quantitative estimate of drug-likeness (QED) is 0.646. The minimum atomic E-state index is -4.10. The molecule has 0 bridgehead atoms. The summed E-state index contributed by atoms with van der Waals surface area (Å²) >= 11 is 5.68. The maximum atomic E-state index is 13.8. The highest BCUT2D eigenvalue weighted by Crippen LogP contribution is 2.25. The van der Waals surface area contributed by atoms with E-state index in [1.165, 1.54) is 0 Å². The Balaban J connectivity index is 3.18. The van der Waals surface area contributed by atoms with Gasteiger partial charge in [-0.2, -0.15) is 4.72 Å². The van der Waals surface area contributed by atoms with Crippen molar-refractivity contribution in [3.63, 3.8) is 0 Å². The van der Waals surface area contributed by atoms with Crippen LogP contribution >= 0.6 is 11.6 Å². The fraction of sp³-hybridized carbons (Fsp3) is 0.333. The lowest BCUT2D eigenvalue weighted by molar-refractivity contribution is 0.547. The third-order valence-electron chi connectivity index (χ3n) is 2.40. The Morgan fingerprint density at radius 2 is 2.21 bits per heavy atom. The van der Waals surface area contributed by atoms with E-state index < -0.39 is 26.8 Å². The van der Waals surface area contributed by atoms with Crippen LogP contribution in [0.1, 0.15) is 19.8 Å². The zero-order valence-corrected chi connectivity index (χ0v) is 11.9. The van der Waals surface area contributed by atoms with Crippen LogP contribution in [0.4, 0.5) is 10.1 Å². The number of benzene rings is 1. The molecule has 0 aromatic heterocycles. The summed E-state index contributed by atoms with van der Waals surface area (Å²) in [5.41, 5.74) is 5.02. The van der Waals surface area contributed by atoms with Crippen LogP contribution < -0.4 is 10.5 Å². The van der Waals surface area contributed by atoms with Gasteiger partial charge in [-0.1, -0.05) is 30.9 Å². The average Bonchev–Trinajstić information content (AvgIpc) is 2.32. The van der Waals surface area contributed by atoms with Gasteiger partial charge in [0.2, 0.25) is 10.0 Å². The number of sulfonamides is 1. The second-order valence-corrected chi connectivity index (χ2v) is 6.06. The van der Waals surface area contributed by atoms with E-state index in [1.54, 1.807) is 0 Å². The lowest BCUT2D eigenvalue weighted by Gasteiger charge is -2.14. The van der Waals surface area contributed by atoms with Crippen LogP contribution in [0, 0.1) is 18.2 Å². The average molecular weight is 305 g/mol. The molecule has 0 aliphatic heterocycles. The van der Waals surface area contributed by atoms with Gasteiger partial charge in [-0.05, 0) is 18.6 Å². The molecule has 1 aromatic carbocycles. The largest absolute Gasteiger partial charge is 0.396 e. The molecule has 1 unspecified atom stereocenters. The number of nitrogens with two attached hydrogens (primary N) is 1. The number of nitrogen functional groups attached to an aromatic ring is 1. The van der Waals surface area contributed by atoms with Crippen LogP contribution in [0.25, 0.3) is 0 Å². The Morgan fingerprint density at radius 1 is 1.58 bits per heavy atom. The monoisotopic (exact) mass is 304 g/mol. The van der Waals surface area contributed by atoms with Gasteiger partial charge in [-0.15, -0.1) is 6.42 Å². The molecule has 0 aliphatic carbocycles. The van der Waals surface area contributed by atoms with Gasteiger partial charge >= 0.3 is 0 Å². The molecule has 0 fully saturated rings. The molecule has 104 valence electrons. The predicted molar refractivity (Wildman–Crippen MR) is 73.7 cm³/mol. The van der Waals surface area contributed by atoms with E-state index in [-0.39, 0.29) is 10.7 Å². The Bertz CT molecular complexity index is 611. The number of halogens is 2. The van der Waals surface area contributed by atoms with Crippen molar-refractivity contribution in [3.8, 4) is 12.3 Å². The summed E-state index contributed by atoms with van der Waals surface area (Å²) in [4.78, 5) is -0.603. The smallest absolute Gasteiger partial charge is 0.244 e. The molecule has 4 nitrogen and oxygen atoms in total. The fourth-order valence-corrected chi connectivity index (χ4v) is 3.11. The van der Waals surface area contributed by atoms with Gasteiger partial charge in [0.05, 0.1) is 11.7 Å². The molecule has 3 N–H and O–H groups in total. The number of hydrogen-bond donors (Lipinski definition) is 2. The highest BCUT2D eigenvalue weighted by Gasteiger charge is 2.24. The first kappa shape index (κ1) is 15.8. The molecule has 1 rings (SSSR count). The van der Waals surface area contributed by atoms with Gasteiger partial charge in [-0.3, -0.25) is 0 Å². The van der Waals surface area contributed by atoms with Crippen molar-refractivity contribution in [1.29, 1.82) is 0 Å². The highest BCUT2D eigenvalue weighted by molar-refractivity contribution is 7.89. The van der Waals surface area contributed by atoms with E-state index >= 15 is 0 Å². The van der Waals surface area contributed by atoms with Crippen molar-refractivity contribution in [2.24, 2.45) is 0 Å². The summed E-state index contributed by atoms with van der Waals surface area (Å²) in [6.07, 6.45) is 6.36. The van der Waals surface area contributed by atoms with Gasteiger partial charge in [0.25, 0.3) is 0 Å². The van der Waals surface area contributed by atoms with Gasteiger partial charge in [0, 0.05) is 5.02 Å². The minimum Gasteiger partial charge on any atom is -0.396 e. The van der Waals surface area contributed by atoms with Gasteiger partial charge < -0.3 is 5.73 Å². The third kappa shape index (κ3) is 3.83. The van der Waals surface area contributed by atoms with Crippen molar-refractivity contribution in [2.75, 3.05) is 5.73 Å². The molecule has 0 spiro atoms. The number of anilines is 1. The van der Waals surface area contributed by atoms with Crippen LogP contribution in [0.5, 0.6) is 0 Å². The summed E-state index contributed by atoms with van der Waals surface area (Å²) in [6.45, 7) is 1.86. The van der Waals surface area contributed by atoms with Crippen molar-refractivity contribution < 1.29 is 12.8 Å². The molecule has 1 aromatic rings. The van der Waals surface area contributed by atoms with Crippen LogP contribution in [-0.4, -0.2) is 14.5 Å². The maximum Gasteiger partial charge on any atom is 0.244 e. The van der Waals surface area contributed by atoms with E-state index in [1.807, 2.05) is 6.92 Å². The van der Waals surface area contributed by atoms with Crippen molar-refractivity contribution in [3.05, 3.63) is 23.0 Å². The number of terminal acetylenes is 1. The minimum absolute atomic E-state index is 0.0343. The zero-order chi connectivity index (χ0) is 14.6. The first-order chi connectivity index (χ1) is 8.81. The molecule has 0 amide bonds. The molecular weight excluding hydrogens is 291 g/mol. The van der Waals surface area contributed by atoms with Crippen LogP contribution in [-0.2, 0) is 10.0 Å². The predicted octanol–water partition coefficient (Wildman–Crippen LogP) is 2.14. The number of nitrogens with one attached hydrogen (secondary N) is 1. The van der Waals surface area contributed by atoms with Crippen molar-refractivity contribution >= 4 is 27.3 Å². The first-order valence-corrected chi connectivity index (χ1v) is 7.41. The van der Waals surface area contributed by atoms with Gasteiger partial charge in [0.1, 0.15) is 4.90 Å². The topological polar surface area (TPSA) is 72.2 Å². The van der Waals surface area contributed by atoms with Gasteiger partial charge in [-0.25, -0.2) is 12.8 Å². The number of rotatable bonds is 5. The van der Waals surface area contributed by atoms with Gasteiger partial charge in [0.15, 0.2) is 5.82 Å². The molecule has 0 saturated carbocycles. The first-order valence-electron chi connectivity index (χ1n) is 5.54. The lowest BCUT2D eigenvalue weighted by atomic mass is 10.2. The Hall–Kier alpha value is -1.29. The molecular formula is C12H14ClFN2O2S. The third-order valence-corrected chi connectivity index (χ3v) is 4.09. The molecule has 1 atom stereocenters. The van der Waals surface area contributed by atoms with Crippen LogP contribution in [0.2, 0.25) is 5.02 Å². The van der Waals surface area contributed by atoms with Crippen molar-refractivity contribution in [1.82, 2.24) is 4.72 Å². The molecule has 0 heterocycles. The summed E-state index contributed by atoms with van der Waals surface area (Å²) < 4.78 is 40.1. The Morgan fingerprint density at radius 3 is 2.74 bits per heavy atom. The van der Waals surface area contributed by atoms with Crippen LogP contribution in [0.3, 0.4) is 0 Å². The van der Waals surface area contributed by atoms with Crippen molar-refractivity contribution in [2.45, 2.75) is 30.7 Å². The van der Waals surface area contributed by atoms with E-state index in [0.717, 1.165) is 12.1 Å². The molecule has 0 aliphatic rings. The zero-order valence-electron chi connectivity index (χ0n) is 10.3. The standard InChI is InChI=1S/C12H14ClFN2O2S/c1-3-5-9(4-2)16-19(17,18)11-7-8(13)6-10(15)12(11)14/h2,6-7,9,16H,3,5,15H2,1H3.